The Morgan fingerprint density at radius 3 is 2.76 bits per heavy atom. The first kappa shape index (κ1) is 12.5. The summed E-state index contributed by atoms with van der Waals surface area (Å²) in [6.07, 6.45) is -1.01. The van der Waals surface area contributed by atoms with Crippen LogP contribution in [0.2, 0.25) is 10.0 Å². The van der Waals surface area contributed by atoms with Crippen molar-refractivity contribution in [2.75, 3.05) is 13.1 Å². The van der Waals surface area contributed by atoms with Gasteiger partial charge in [0.25, 0.3) is 0 Å². The van der Waals surface area contributed by atoms with Gasteiger partial charge in [-0.25, -0.2) is 4.79 Å². The lowest BCUT2D eigenvalue weighted by atomic mass is 9.94. The van der Waals surface area contributed by atoms with Crippen LogP contribution in [0.15, 0.2) is 18.2 Å². The Morgan fingerprint density at radius 1 is 1.35 bits per heavy atom. The molecule has 1 heterocycles. The minimum absolute atomic E-state index is 0.0841. The Morgan fingerprint density at radius 2 is 2.12 bits per heavy atom. The monoisotopic (exact) mass is 274 g/mol. The Hall–Kier alpha value is -0.970. The fourth-order valence-corrected chi connectivity index (χ4v) is 2.39. The average Bonchev–Trinajstić information content (AvgIpc) is 2.69. The van der Waals surface area contributed by atoms with Crippen molar-refractivity contribution in [3.8, 4) is 0 Å². The molecular weight excluding hydrogens is 263 g/mol. The molecule has 0 spiro atoms. The first-order valence-electron chi connectivity index (χ1n) is 5.23. The summed E-state index contributed by atoms with van der Waals surface area (Å²) in [7, 11) is 0. The van der Waals surface area contributed by atoms with E-state index in [4.69, 9.17) is 28.3 Å². The highest BCUT2D eigenvalue weighted by molar-refractivity contribution is 6.42. The summed E-state index contributed by atoms with van der Waals surface area (Å²) in [5, 5.41) is 15.4. The predicted octanol–water partition coefficient (Wildman–Crippen LogP) is 2.32. The molecule has 1 amide bonds. The topological polar surface area (TPSA) is 61.4 Å². The summed E-state index contributed by atoms with van der Waals surface area (Å²) < 4.78 is 0. The van der Waals surface area contributed by atoms with Crippen LogP contribution in [0.3, 0.4) is 0 Å². The van der Waals surface area contributed by atoms with Crippen molar-refractivity contribution >= 4 is 29.3 Å². The highest BCUT2D eigenvalue weighted by atomic mass is 35.5. The van der Waals surface area contributed by atoms with Crippen LogP contribution in [0.4, 0.5) is 4.79 Å². The number of carboxylic acid groups (broad SMARTS) is 1. The lowest BCUT2D eigenvalue weighted by Crippen LogP contribution is -2.38. The second kappa shape index (κ2) is 5.12. The van der Waals surface area contributed by atoms with Gasteiger partial charge in [0.05, 0.1) is 16.1 Å². The van der Waals surface area contributed by atoms with Crippen LogP contribution >= 0.6 is 23.2 Å². The molecule has 92 valence electrons. The molecular formula is C11H12Cl2N2O2. The quantitative estimate of drug-likeness (QED) is 0.776. The number of hydrogen-bond acceptors (Lipinski definition) is 2. The second-order valence-electron chi connectivity index (χ2n) is 3.99. The predicted molar refractivity (Wildman–Crippen MR) is 67.0 cm³/mol. The van der Waals surface area contributed by atoms with Gasteiger partial charge >= 0.3 is 6.09 Å². The molecule has 1 fully saturated rings. The molecule has 3 N–H and O–H groups in total. The Labute approximate surface area is 109 Å². The molecule has 1 aromatic carbocycles. The zero-order valence-corrected chi connectivity index (χ0v) is 10.4. The molecule has 0 unspecified atom stereocenters. The fraction of sp³-hybridized carbons (Fsp3) is 0.364. The summed E-state index contributed by atoms with van der Waals surface area (Å²) in [6, 6.07) is 5.26. The van der Waals surface area contributed by atoms with Gasteiger partial charge in [0.15, 0.2) is 0 Å². The number of hydrogen-bond donors (Lipinski definition) is 3. The van der Waals surface area contributed by atoms with Gasteiger partial charge in [0.1, 0.15) is 0 Å². The fourth-order valence-electron chi connectivity index (χ4n) is 2.08. The minimum Gasteiger partial charge on any atom is -0.465 e. The van der Waals surface area contributed by atoms with Gasteiger partial charge in [0, 0.05) is 19.0 Å². The molecule has 4 nitrogen and oxygen atoms in total. The van der Waals surface area contributed by atoms with E-state index in [0.29, 0.717) is 16.6 Å². The molecule has 0 aromatic heterocycles. The third-order valence-electron chi connectivity index (χ3n) is 2.89. The van der Waals surface area contributed by atoms with Gasteiger partial charge in [0.2, 0.25) is 0 Å². The third kappa shape index (κ3) is 2.83. The van der Waals surface area contributed by atoms with Crippen LogP contribution < -0.4 is 10.6 Å². The molecule has 2 rings (SSSR count). The van der Waals surface area contributed by atoms with Crippen molar-refractivity contribution in [3.63, 3.8) is 0 Å². The minimum atomic E-state index is -1.01. The summed E-state index contributed by atoms with van der Waals surface area (Å²) in [5.41, 5.74) is 0.989. The molecule has 1 aromatic rings. The van der Waals surface area contributed by atoms with Gasteiger partial charge in [-0.15, -0.1) is 0 Å². The van der Waals surface area contributed by atoms with Crippen molar-refractivity contribution in [1.82, 2.24) is 10.6 Å². The Bertz CT molecular complexity index is 439. The van der Waals surface area contributed by atoms with Crippen molar-refractivity contribution in [3.05, 3.63) is 33.8 Å². The molecule has 1 aliphatic heterocycles. The second-order valence-corrected chi connectivity index (χ2v) is 4.81. The first-order valence-corrected chi connectivity index (χ1v) is 5.98. The zero-order chi connectivity index (χ0) is 12.4. The van der Waals surface area contributed by atoms with E-state index in [0.717, 1.165) is 12.1 Å². The largest absolute Gasteiger partial charge is 0.465 e. The van der Waals surface area contributed by atoms with Crippen LogP contribution in [0.25, 0.3) is 0 Å². The number of halogens is 2. The number of rotatable bonds is 2. The van der Waals surface area contributed by atoms with Gasteiger partial charge in [-0.1, -0.05) is 29.3 Å². The summed E-state index contributed by atoms with van der Waals surface area (Å²) >= 11 is 11.8. The van der Waals surface area contributed by atoms with Gasteiger partial charge in [-0.2, -0.15) is 0 Å². The number of amides is 1. The van der Waals surface area contributed by atoms with E-state index in [1.54, 1.807) is 12.1 Å². The van der Waals surface area contributed by atoms with Crippen molar-refractivity contribution in [2.45, 2.75) is 12.0 Å². The van der Waals surface area contributed by atoms with Gasteiger partial charge < -0.3 is 15.7 Å². The van der Waals surface area contributed by atoms with E-state index in [9.17, 15) is 4.79 Å². The Balaban J connectivity index is 2.20. The molecule has 0 aliphatic carbocycles. The van der Waals surface area contributed by atoms with Gasteiger partial charge in [-0.3, -0.25) is 0 Å². The third-order valence-corrected chi connectivity index (χ3v) is 3.63. The molecule has 0 radical (unpaired) electrons. The molecule has 1 saturated heterocycles. The molecule has 17 heavy (non-hydrogen) atoms. The summed E-state index contributed by atoms with van der Waals surface area (Å²) in [6.45, 7) is 1.35. The van der Waals surface area contributed by atoms with E-state index in [1.807, 2.05) is 6.07 Å². The standard InChI is InChI=1S/C11H12Cl2N2O2/c12-8-2-1-6(3-9(8)13)7-4-14-5-10(7)15-11(16)17/h1-3,7,10,14-15H,4-5H2,(H,16,17)/t7-,10+/m0/s1. The first-order chi connectivity index (χ1) is 8.08. The lowest BCUT2D eigenvalue weighted by molar-refractivity contribution is 0.189. The smallest absolute Gasteiger partial charge is 0.404 e. The van der Waals surface area contributed by atoms with Crippen molar-refractivity contribution in [2.24, 2.45) is 0 Å². The lowest BCUT2D eigenvalue weighted by Gasteiger charge is -2.19. The zero-order valence-electron chi connectivity index (χ0n) is 8.91. The maximum absolute atomic E-state index is 10.7. The number of nitrogens with one attached hydrogen (secondary N) is 2. The van der Waals surface area contributed by atoms with E-state index < -0.39 is 6.09 Å². The SMILES string of the molecule is O=C(O)N[C@@H]1CNC[C@H]1c1ccc(Cl)c(Cl)c1. The normalized spacial score (nSPS) is 23.6. The maximum Gasteiger partial charge on any atom is 0.404 e. The number of benzene rings is 1. The van der Waals surface area contributed by atoms with Gasteiger partial charge in [-0.05, 0) is 17.7 Å². The highest BCUT2D eigenvalue weighted by Crippen LogP contribution is 2.29. The van der Waals surface area contributed by atoms with Crippen LogP contribution in [-0.4, -0.2) is 30.3 Å². The molecule has 6 heteroatoms. The van der Waals surface area contributed by atoms with Crippen molar-refractivity contribution in [1.29, 1.82) is 0 Å². The van der Waals surface area contributed by atoms with Crippen LogP contribution in [0.1, 0.15) is 11.5 Å². The number of carbonyl (C=O) groups is 1. The van der Waals surface area contributed by atoms with E-state index in [1.165, 1.54) is 0 Å². The Kier molecular flexibility index (Phi) is 3.76. The molecule has 1 aliphatic rings. The highest BCUT2D eigenvalue weighted by Gasteiger charge is 2.29. The van der Waals surface area contributed by atoms with E-state index in [2.05, 4.69) is 10.6 Å². The van der Waals surface area contributed by atoms with Crippen LogP contribution in [0, 0.1) is 0 Å². The van der Waals surface area contributed by atoms with Crippen LogP contribution in [-0.2, 0) is 0 Å². The maximum atomic E-state index is 10.7. The average molecular weight is 275 g/mol. The molecule has 2 atom stereocenters. The van der Waals surface area contributed by atoms with E-state index >= 15 is 0 Å². The van der Waals surface area contributed by atoms with E-state index in [-0.39, 0.29) is 12.0 Å². The molecule has 0 saturated carbocycles. The molecule has 0 bridgehead atoms. The van der Waals surface area contributed by atoms with Crippen molar-refractivity contribution < 1.29 is 9.90 Å². The summed E-state index contributed by atoms with van der Waals surface area (Å²) in [5.74, 6) is 0.0841. The summed E-state index contributed by atoms with van der Waals surface area (Å²) in [4.78, 5) is 10.7. The van der Waals surface area contributed by atoms with Crippen LogP contribution in [0.5, 0.6) is 0 Å².